The zero-order valence-electron chi connectivity index (χ0n) is 36.7. The first kappa shape index (κ1) is 54.4. The average molecular weight is 863 g/mol. The number of allylic oxidation sites excluding steroid dienone is 2. The smallest absolute Gasteiger partial charge is 0.306 e. The zero-order chi connectivity index (χ0) is 44.0. The van der Waals surface area contributed by atoms with Crippen molar-refractivity contribution in [2.24, 2.45) is 0 Å². The molecule has 0 spiro atoms. The highest BCUT2D eigenvalue weighted by Gasteiger charge is 2.47. The Morgan fingerprint density at radius 3 is 1.48 bits per heavy atom. The molecule has 2 heterocycles. The third-order valence-electron chi connectivity index (χ3n) is 11.2. The number of carbonyl (C=O) groups is 2. The molecule has 0 aromatic heterocycles. The van der Waals surface area contributed by atoms with Crippen molar-refractivity contribution in [3.05, 3.63) is 12.2 Å². The van der Waals surface area contributed by atoms with Gasteiger partial charge in [0.25, 0.3) is 0 Å². The summed E-state index contributed by atoms with van der Waals surface area (Å²) in [5.74, 6) is -0.932. The van der Waals surface area contributed by atoms with Crippen LogP contribution >= 0.6 is 0 Å². The molecule has 352 valence electrons. The summed E-state index contributed by atoms with van der Waals surface area (Å²) < 4.78 is 33.4. The van der Waals surface area contributed by atoms with Gasteiger partial charge in [0.15, 0.2) is 18.7 Å². The molecular weight excluding hydrogens is 780 g/mol. The SMILES string of the molecule is CCCCCC/C=C\CCCCCCCC(=O)OC[C@@H](CO[C@@H]1O[C@H](CO[C@H]2O[C@H](CO)[C@H](O)[C@H](O)[C@H]2O)[C@H](O)[C@H](O)[C@H]1O)OC(=O)CCCCCCCCCCCCC. The molecule has 60 heavy (non-hydrogen) atoms. The van der Waals surface area contributed by atoms with Crippen molar-refractivity contribution in [3.8, 4) is 0 Å². The molecule has 0 amide bonds. The molecule has 2 rings (SSSR count). The molecule has 0 radical (unpaired) electrons. The van der Waals surface area contributed by atoms with E-state index in [-0.39, 0.29) is 26.1 Å². The van der Waals surface area contributed by atoms with Crippen LogP contribution in [0.25, 0.3) is 0 Å². The van der Waals surface area contributed by atoms with Gasteiger partial charge in [-0.05, 0) is 38.5 Å². The second-order valence-corrected chi connectivity index (χ2v) is 16.6. The minimum atomic E-state index is -1.76. The van der Waals surface area contributed by atoms with Crippen molar-refractivity contribution in [2.45, 2.75) is 235 Å². The van der Waals surface area contributed by atoms with Crippen LogP contribution in [-0.4, -0.2) is 142 Å². The van der Waals surface area contributed by atoms with E-state index in [0.717, 1.165) is 57.8 Å². The molecule has 11 atom stereocenters. The van der Waals surface area contributed by atoms with Crippen LogP contribution in [0.4, 0.5) is 0 Å². The number of unbranched alkanes of at least 4 members (excludes halogenated alkanes) is 19. The highest BCUT2D eigenvalue weighted by Crippen LogP contribution is 2.26. The maximum atomic E-state index is 12.9. The maximum Gasteiger partial charge on any atom is 0.306 e. The summed E-state index contributed by atoms with van der Waals surface area (Å²) in [4.78, 5) is 25.6. The average Bonchev–Trinajstić information content (AvgIpc) is 3.24. The summed E-state index contributed by atoms with van der Waals surface area (Å²) in [5, 5.41) is 71.8. The Kier molecular flexibility index (Phi) is 30.6. The van der Waals surface area contributed by atoms with Gasteiger partial charge in [0, 0.05) is 12.8 Å². The van der Waals surface area contributed by atoms with Gasteiger partial charge in [-0.15, -0.1) is 0 Å². The van der Waals surface area contributed by atoms with Gasteiger partial charge in [-0.25, -0.2) is 0 Å². The molecule has 0 bridgehead atoms. The third-order valence-corrected chi connectivity index (χ3v) is 11.2. The Labute approximate surface area is 359 Å². The van der Waals surface area contributed by atoms with Crippen molar-refractivity contribution in [3.63, 3.8) is 0 Å². The fraction of sp³-hybridized carbons (Fsp3) is 0.911. The normalized spacial score (nSPS) is 27.6. The van der Waals surface area contributed by atoms with Crippen LogP contribution in [0.3, 0.4) is 0 Å². The van der Waals surface area contributed by atoms with Crippen molar-refractivity contribution in [2.75, 3.05) is 26.4 Å². The molecule has 0 saturated carbocycles. The number of carbonyl (C=O) groups excluding carboxylic acids is 2. The Hall–Kier alpha value is -1.76. The Balaban J connectivity index is 1.85. The molecule has 2 saturated heterocycles. The highest BCUT2D eigenvalue weighted by atomic mass is 16.7. The number of esters is 2. The van der Waals surface area contributed by atoms with Crippen molar-refractivity contribution in [1.82, 2.24) is 0 Å². The number of hydrogen-bond donors (Lipinski definition) is 7. The lowest BCUT2D eigenvalue weighted by atomic mass is 9.98. The summed E-state index contributed by atoms with van der Waals surface area (Å²) >= 11 is 0. The van der Waals surface area contributed by atoms with Crippen molar-refractivity contribution < 1.29 is 73.8 Å². The number of hydrogen-bond acceptors (Lipinski definition) is 15. The standard InChI is InChI=1S/C45H82O15/c1-3-5-7-9-11-13-15-16-18-19-21-23-25-27-36(47)55-30-33(58-37(48)28-26-24-22-20-17-14-12-10-8-6-4-2)31-56-44-43(54)41(52)39(50)35(60-44)32-57-45-42(53)40(51)38(49)34(29-46)59-45/h13,15,33-35,38-46,49-54H,3-12,14,16-32H2,1-2H3/b15-13-/t33-,34+,35+,38-,39-,40-,41-,42+,43+,44+,45-/m0/s1. The van der Waals surface area contributed by atoms with E-state index in [4.69, 9.17) is 28.4 Å². The van der Waals surface area contributed by atoms with E-state index in [0.29, 0.717) is 12.8 Å². The fourth-order valence-electron chi connectivity index (χ4n) is 7.33. The largest absolute Gasteiger partial charge is 0.462 e. The molecule has 0 aromatic rings. The first-order valence-electron chi connectivity index (χ1n) is 23.3. The minimum absolute atomic E-state index is 0.168. The molecule has 2 aliphatic heterocycles. The Morgan fingerprint density at radius 1 is 0.517 bits per heavy atom. The summed E-state index contributed by atoms with van der Waals surface area (Å²) in [6.45, 7) is 2.54. The van der Waals surface area contributed by atoms with E-state index in [1.165, 1.54) is 70.6 Å². The van der Waals surface area contributed by atoms with Crippen molar-refractivity contribution in [1.29, 1.82) is 0 Å². The Morgan fingerprint density at radius 2 is 0.950 bits per heavy atom. The second kappa shape index (κ2) is 33.8. The quantitative estimate of drug-likeness (QED) is 0.0252. The van der Waals surface area contributed by atoms with Crippen molar-refractivity contribution >= 4 is 11.9 Å². The van der Waals surface area contributed by atoms with Gasteiger partial charge in [0.2, 0.25) is 0 Å². The van der Waals surface area contributed by atoms with Gasteiger partial charge < -0.3 is 64.2 Å². The topological polar surface area (TPSA) is 231 Å². The van der Waals surface area contributed by atoms with Crippen LogP contribution in [0.1, 0.15) is 168 Å². The lowest BCUT2D eigenvalue weighted by Crippen LogP contribution is -2.61. The van der Waals surface area contributed by atoms with E-state index in [2.05, 4.69) is 26.0 Å². The summed E-state index contributed by atoms with van der Waals surface area (Å²) in [5.41, 5.74) is 0. The van der Waals surface area contributed by atoms with Gasteiger partial charge in [0.1, 0.15) is 55.4 Å². The van der Waals surface area contributed by atoms with Crippen LogP contribution < -0.4 is 0 Å². The minimum Gasteiger partial charge on any atom is -0.462 e. The number of aliphatic hydroxyl groups is 7. The maximum absolute atomic E-state index is 12.9. The van der Waals surface area contributed by atoms with E-state index in [9.17, 15) is 45.3 Å². The van der Waals surface area contributed by atoms with Gasteiger partial charge in [0.05, 0.1) is 19.8 Å². The van der Waals surface area contributed by atoms with Gasteiger partial charge >= 0.3 is 11.9 Å². The summed E-state index contributed by atoms with van der Waals surface area (Å²) in [7, 11) is 0. The van der Waals surface area contributed by atoms with E-state index in [1.54, 1.807) is 0 Å². The number of ether oxygens (including phenoxy) is 6. The molecule has 0 aromatic carbocycles. The van der Waals surface area contributed by atoms with Crippen LogP contribution in [0.5, 0.6) is 0 Å². The van der Waals surface area contributed by atoms with E-state index < -0.39 is 92.7 Å². The van der Waals surface area contributed by atoms with Gasteiger partial charge in [-0.1, -0.05) is 129 Å². The predicted molar refractivity (Wildman–Crippen MR) is 224 cm³/mol. The molecule has 2 aliphatic rings. The third kappa shape index (κ3) is 22.5. The van der Waals surface area contributed by atoms with Crippen LogP contribution in [-0.2, 0) is 38.0 Å². The number of rotatable bonds is 35. The fourth-order valence-corrected chi connectivity index (χ4v) is 7.33. The van der Waals surface area contributed by atoms with Crippen LogP contribution in [0.2, 0.25) is 0 Å². The first-order valence-corrected chi connectivity index (χ1v) is 23.3. The first-order chi connectivity index (χ1) is 29.0. The Bertz CT molecular complexity index is 1110. The second-order valence-electron chi connectivity index (χ2n) is 16.6. The van der Waals surface area contributed by atoms with Gasteiger partial charge in [-0.3, -0.25) is 9.59 Å². The molecular formula is C45H82O15. The molecule has 15 heteroatoms. The monoisotopic (exact) mass is 863 g/mol. The molecule has 0 unspecified atom stereocenters. The molecule has 7 N–H and O–H groups in total. The summed E-state index contributed by atoms with van der Waals surface area (Å²) in [6, 6.07) is 0. The van der Waals surface area contributed by atoms with Crippen LogP contribution in [0.15, 0.2) is 12.2 Å². The van der Waals surface area contributed by atoms with E-state index >= 15 is 0 Å². The number of aliphatic hydroxyl groups excluding tert-OH is 7. The molecule has 0 aliphatic carbocycles. The van der Waals surface area contributed by atoms with Gasteiger partial charge in [-0.2, -0.15) is 0 Å². The predicted octanol–water partition coefficient (Wildman–Crippen LogP) is 5.04. The van der Waals surface area contributed by atoms with Crippen LogP contribution in [0, 0.1) is 0 Å². The highest BCUT2D eigenvalue weighted by molar-refractivity contribution is 5.70. The summed E-state index contributed by atoms with van der Waals surface area (Å²) in [6.07, 6.45) is 12.6. The zero-order valence-corrected chi connectivity index (χ0v) is 36.7. The van der Waals surface area contributed by atoms with E-state index in [1.807, 2.05) is 0 Å². The lowest BCUT2D eigenvalue weighted by Gasteiger charge is -2.42. The lowest BCUT2D eigenvalue weighted by molar-refractivity contribution is -0.332. The molecule has 2 fully saturated rings. The molecule has 15 nitrogen and oxygen atoms in total.